The maximum Gasteiger partial charge on any atom is 0.339 e. The van der Waals surface area contributed by atoms with Crippen molar-refractivity contribution in [3.8, 4) is 0 Å². The van der Waals surface area contributed by atoms with Crippen LogP contribution in [0.2, 0.25) is 0 Å². The van der Waals surface area contributed by atoms with Crippen molar-refractivity contribution in [2.45, 2.75) is 6.10 Å². The second-order valence-electron chi connectivity index (χ2n) is 6.44. The minimum atomic E-state index is -1.04. The summed E-state index contributed by atoms with van der Waals surface area (Å²) in [6.07, 6.45) is 0.365. The molecule has 7 heteroatoms. The fourth-order valence-corrected chi connectivity index (χ4v) is 2.59. The molecule has 1 aromatic heterocycles. The zero-order chi connectivity index (χ0) is 20.8. The van der Waals surface area contributed by atoms with Crippen LogP contribution in [0.3, 0.4) is 0 Å². The molecular formula is C22H20N2O5. The number of likely N-dealkylation sites (N-methyl/N-ethyl adjacent to an activating group) is 1. The fourth-order valence-electron chi connectivity index (χ4n) is 2.59. The van der Waals surface area contributed by atoms with E-state index in [0.717, 1.165) is 0 Å². The Balaban J connectivity index is 1.71. The molecule has 0 saturated heterocycles. The number of anilines is 1. The van der Waals surface area contributed by atoms with Gasteiger partial charge in [-0.05, 0) is 36.4 Å². The predicted octanol–water partition coefficient (Wildman–Crippen LogP) is 3.52. The smallest absolute Gasteiger partial charge is 0.339 e. The number of esters is 1. The van der Waals surface area contributed by atoms with Gasteiger partial charge in [0, 0.05) is 25.3 Å². The normalized spacial score (nSPS) is 11.4. The van der Waals surface area contributed by atoms with Crippen LogP contribution in [-0.4, -0.2) is 36.8 Å². The Morgan fingerprint density at radius 2 is 1.62 bits per heavy atom. The van der Waals surface area contributed by atoms with Crippen LogP contribution in [0, 0.1) is 0 Å². The van der Waals surface area contributed by atoms with Gasteiger partial charge in [-0.2, -0.15) is 0 Å². The third kappa shape index (κ3) is 4.90. The van der Waals surface area contributed by atoms with Gasteiger partial charge in [-0.1, -0.05) is 30.3 Å². The highest BCUT2D eigenvalue weighted by molar-refractivity contribution is 6.02. The Labute approximate surface area is 167 Å². The van der Waals surface area contributed by atoms with Crippen molar-refractivity contribution < 1.29 is 23.5 Å². The van der Waals surface area contributed by atoms with E-state index in [9.17, 15) is 14.4 Å². The molecule has 1 unspecified atom stereocenters. The van der Waals surface area contributed by atoms with Crippen molar-refractivity contribution in [3.05, 3.63) is 89.9 Å². The predicted molar refractivity (Wildman–Crippen MR) is 106 cm³/mol. The largest absolute Gasteiger partial charge is 0.459 e. The van der Waals surface area contributed by atoms with Crippen LogP contribution < -0.4 is 5.32 Å². The number of ether oxygens (including phenoxy) is 1. The van der Waals surface area contributed by atoms with Crippen LogP contribution in [0.1, 0.15) is 32.6 Å². The van der Waals surface area contributed by atoms with Gasteiger partial charge in [-0.3, -0.25) is 9.59 Å². The molecule has 0 aliphatic heterocycles. The number of amides is 2. The number of benzene rings is 2. The SMILES string of the molecule is CN(C)C(=O)C(OC(=O)c1ccc(NC(=O)c2ccco2)cc1)c1ccccc1. The van der Waals surface area contributed by atoms with Gasteiger partial charge in [0.1, 0.15) is 0 Å². The molecular weight excluding hydrogens is 372 g/mol. The van der Waals surface area contributed by atoms with Crippen LogP contribution in [0.5, 0.6) is 0 Å². The summed E-state index contributed by atoms with van der Waals surface area (Å²) in [7, 11) is 3.20. The summed E-state index contributed by atoms with van der Waals surface area (Å²) < 4.78 is 10.5. The lowest BCUT2D eigenvalue weighted by Crippen LogP contribution is -2.31. The maximum atomic E-state index is 12.6. The first kappa shape index (κ1) is 19.9. The van der Waals surface area contributed by atoms with Gasteiger partial charge < -0.3 is 19.4 Å². The zero-order valence-corrected chi connectivity index (χ0v) is 16.0. The van der Waals surface area contributed by atoms with Gasteiger partial charge in [0.05, 0.1) is 11.8 Å². The Morgan fingerprint density at radius 3 is 2.21 bits per heavy atom. The topological polar surface area (TPSA) is 88.9 Å². The van der Waals surface area contributed by atoms with Gasteiger partial charge in [0.2, 0.25) is 6.10 Å². The minimum Gasteiger partial charge on any atom is -0.459 e. The summed E-state index contributed by atoms with van der Waals surface area (Å²) in [6.45, 7) is 0. The van der Waals surface area contributed by atoms with Crippen LogP contribution in [0.4, 0.5) is 5.69 Å². The lowest BCUT2D eigenvalue weighted by atomic mass is 10.1. The number of carbonyl (C=O) groups excluding carboxylic acids is 3. The maximum absolute atomic E-state index is 12.6. The van der Waals surface area contributed by atoms with E-state index in [1.165, 1.54) is 23.3 Å². The monoisotopic (exact) mass is 392 g/mol. The summed E-state index contributed by atoms with van der Waals surface area (Å²) in [5.74, 6) is -1.20. The number of hydrogen-bond donors (Lipinski definition) is 1. The molecule has 1 atom stereocenters. The first-order chi connectivity index (χ1) is 14.0. The molecule has 0 bridgehead atoms. The molecule has 0 radical (unpaired) electrons. The van der Waals surface area contributed by atoms with E-state index in [1.807, 2.05) is 6.07 Å². The molecule has 3 rings (SSSR count). The second-order valence-corrected chi connectivity index (χ2v) is 6.44. The van der Waals surface area contributed by atoms with Crippen molar-refractivity contribution in [2.75, 3.05) is 19.4 Å². The number of nitrogens with one attached hydrogen (secondary N) is 1. The molecule has 2 amide bonds. The Hall–Kier alpha value is -3.87. The van der Waals surface area contributed by atoms with Gasteiger partial charge >= 0.3 is 5.97 Å². The van der Waals surface area contributed by atoms with Crippen molar-refractivity contribution in [1.82, 2.24) is 4.90 Å². The van der Waals surface area contributed by atoms with Gasteiger partial charge in [0.25, 0.3) is 11.8 Å². The molecule has 0 aliphatic rings. The molecule has 0 aliphatic carbocycles. The van der Waals surface area contributed by atoms with Crippen LogP contribution >= 0.6 is 0 Å². The van der Waals surface area contributed by atoms with E-state index in [0.29, 0.717) is 11.3 Å². The van der Waals surface area contributed by atoms with Crippen molar-refractivity contribution >= 4 is 23.5 Å². The number of rotatable bonds is 6. The zero-order valence-electron chi connectivity index (χ0n) is 16.0. The van der Waals surface area contributed by atoms with Gasteiger partial charge in [-0.15, -0.1) is 0 Å². The van der Waals surface area contributed by atoms with E-state index in [-0.39, 0.29) is 17.2 Å². The molecule has 148 valence electrons. The number of nitrogens with zero attached hydrogens (tertiary/aromatic N) is 1. The summed E-state index contributed by atoms with van der Waals surface area (Å²) >= 11 is 0. The van der Waals surface area contributed by atoms with Crippen molar-refractivity contribution in [2.24, 2.45) is 0 Å². The highest BCUT2D eigenvalue weighted by atomic mass is 16.5. The quantitative estimate of drug-likeness (QED) is 0.649. The van der Waals surface area contributed by atoms with Crippen molar-refractivity contribution in [3.63, 3.8) is 0 Å². The van der Waals surface area contributed by atoms with Gasteiger partial charge in [0.15, 0.2) is 5.76 Å². The first-order valence-corrected chi connectivity index (χ1v) is 8.87. The van der Waals surface area contributed by atoms with Crippen LogP contribution in [-0.2, 0) is 9.53 Å². The Morgan fingerprint density at radius 1 is 0.931 bits per heavy atom. The van der Waals surface area contributed by atoms with E-state index in [2.05, 4.69) is 5.32 Å². The standard InChI is InChI=1S/C22H20N2O5/c1-24(2)21(26)19(15-7-4-3-5-8-15)29-22(27)16-10-12-17(13-11-16)23-20(25)18-9-6-14-28-18/h3-14,19H,1-2H3,(H,23,25). The average Bonchev–Trinajstić information content (AvgIpc) is 3.27. The average molecular weight is 392 g/mol. The third-order valence-corrected chi connectivity index (χ3v) is 4.12. The number of hydrogen-bond acceptors (Lipinski definition) is 5. The summed E-state index contributed by atoms with van der Waals surface area (Å²) in [6, 6.07) is 18.2. The molecule has 3 aromatic rings. The van der Waals surface area contributed by atoms with Crippen molar-refractivity contribution in [1.29, 1.82) is 0 Å². The van der Waals surface area contributed by atoms with E-state index >= 15 is 0 Å². The summed E-state index contributed by atoms with van der Waals surface area (Å²) in [5.41, 5.74) is 1.34. The Bertz CT molecular complexity index is 980. The summed E-state index contributed by atoms with van der Waals surface area (Å²) in [5, 5.41) is 2.66. The second kappa shape index (κ2) is 8.88. The fraction of sp³-hybridized carbons (Fsp3) is 0.136. The molecule has 29 heavy (non-hydrogen) atoms. The number of furan rings is 1. The Kier molecular flexibility index (Phi) is 6.09. The molecule has 2 aromatic carbocycles. The molecule has 0 fully saturated rings. The molecule has 0 saturated carbocycles. The lowest BCUT2D eigenvalue weighted by Gasteiger charge is -2.21. The third-order valence-electron chi connectivity index (χ3n) is 4.12. The molecule has 1 heterocycles. The highest BCUT2D eigenvalue weighted by Gasteiger charge is 2.27. The minimum absolute atomic E-state index is 0.182. The van der Waals surface area contributed by atoms with E-state index < -0.39 is 18.0 Å². The van der Waals surface area contributed by atoms with E-state index in [1.54, 1.807) is 62.6 Å². The molecule has 1 N–H and O–H groups in total. The molecule has 0 spiro atoms. The lowest BCUT2D eigenvalue weighted by molar-refractivity contribution is -0.138. The summed E-state index contributed by atoms with van der Waals surface area (Å²) in [4.78, 5) is 38.4. The van der Waals surface area contributed by atoms with Crippen LogP contribution in [0.15, 0.2) is 77.4 Å². The van der Waals surface area contributed by atoms with Crippen LogP contribution in [0.25, 0.3) is 0 Å². The van der Waals surface area contributed by atoms with E-state index in [4.69, 9.17) is 9.15 Å². The first-order valence-electron chi connectivity index (χ1n) is 8.87. The number of carbonyl (C=O) groups is 3. The highest BCUT2D eigenvalue weighted by Crippen LogP contribution is 2.22. The molecule has 7 nitrogen and oxygen atoms in total. The van der Waals surface area contributed by atoms with Gasteiger partial charge in [-0.25, -0.2) is 4.79 Å².